The first-order valence-electron chi connectivity index (χ1n) is 0.730. The fourth-order valence-corrected chi connectivity index (χ4v) is 0. The van der Waals surface area contributed by atoms with Crippen LogP contribution >= 0.6 is 7.82 Å². The Morgan fingerprint density at radius 1 is 1.12 bits per heavy atom. The van der Waals surface area contributed by atoms with Crippen LogP contribution in [0.5, 0.6) is 0 Å². The summed E-state index contributed by atoms with van der Waals surface area (Å²) in [7, 11) is -5.39. The molecule has 0 fully saturated rings. The minimum Gasteiger partial charge on any atom is -0.822 e. The molecule has 4 nitrogen and oxygen atoms in total. The second-order valence-corrected chi connectivity index (χ2v) is 1.34. The summed E-state index contributed by atoms with van der Waals surface area (Å²) in [5, 5.41) is 0. The van der Waals surface area contributed by atoms with Gasteiger partial charge in [-0.1, -0.05) is 0 Å². The Balaban J connectivity index is -0.0000000267. The third-order valence-electron chi connectivity index (χ3n) is 0. The summed E-state index contributed by atoms with van der Waals surface area (Å²) in [4.78, 5) is 25.6. The molecule has 0 atom stereocenters. The summed E-state index contributed by atoms with van der Waals surface area (Å²) in [5.41, 5.74) is 0. The summed E-state index contributed by atoms with van der Waals surface area (Å²) in [6.07, 6.45) is 0. The van der Waals surface area contributed by atoms with Gasteiger partial charge in [0.05, 0.1) is 0 Å². The molecule has 0 aliphatic rings. The third kappa shape index (κ3) is 86.1. The maximum Gasteiger partial charge on any atom is 4.00 e. The fourth-order valence-electron chi connectivity index (χ4n) is 0. The predicted molar refractivity (Wildman–Crippen MR) is 13.4 cm³/mol. The van der Waals surface area contributed by atoms with E-state index in [-0.39, 0.29) is 65.3 Å². The molecule has 0 amide bonds. The van der Waals surface area contributed by atoms with Crippen LogP contribution in [-0.2, 0) is 52.5 Å². The molecule has 0 unspecified atom stereocenters. The van der Waals surface area contributed by atoms with Gasteiger partial charge >= 0.3 is 65.3 Å². The molecule has 0 saturated carbocycles. The van der Waals surface area contributed by atoms with Crippen LogP contribution in [0.2, 0.25) is 0 Å². The van der Waals surface area contributed by atoms with Crippen LogP contribution in [0.15, 0.2) is 0 Å². The van der Waals surface area contributed by atoms with E-state index in [9.17, 15) is 0 Å². The summed E-state index contributed by atoms with van der Waals surface area (Å²) in [5.74, 6) is 0. The molecule has 0 saturated heterocycles. The van der Waals surface area contributed by atoms with Gasteiger partial charge in [-0.2, -0.15) is 7.82 Å². The Hall–Kier alpha value is 2.24. The number of rotatable bonds is 0. The zero-order valence-corrected chi connectivity index (χ0v) is 9.73. The smallest absolute Gasteiger partial charge is 0.822 e. The van der Waals surface area contributed by atoms with Gasteiger partial charge < -0.3 is 19.2 Å². The second-order valence-electron chi connectivity index (χ2n) is 0.447. The molecule has 0 spiro atoms. The standard InChI is InChI=1S/Al.H3O4P.Ti.Zr/c;1-5(2,3)4;;/h;(H3,1,2,3,4);;/q+3;;2*+4/p-3. The van der Waals surface area contributed by atoms with Crippen molar-refractivity contribution >= 4 is 25.2 Å². The molecule has 0 aromatic carbocycles. The molecule has 0 bridgehead atoms. The van der Waals surface area contributed by atoms with Crippen molar-refractivity contribution in [2.75, 3.05) is 0 Å². The maximum absolute atomic E-state index is 8.55. The zero-order valence-electron chi connectivity index (χ0n) is 3.66. The van der Waals surface area contributed by atoms with Crippen LogP contribution in [0.3, 0.4) is 0 Å². The van der Waals surface area contributed by atoms with Gasteiger partial charge in [0.1, 0.15) is 0 Å². The molecule has 8 heteroatoms. The molecular weight excluding hydrogens is 261 g/mol. The Labute approximate surface area is 91.4 Å². The topological polar surface area (TPSA) is 86.2 Å². The molecule has 0 rings (SSSR count). The first kappa shape index (κ1) is 22.5. The minimum absolute atomic E-state index is 0. The molecule has 0 aliphatic carbocycles. The molecule has 0 aromatic heterocycles. The van der Waals surface area contributed by atoms with Crippen LogP contribution in [0.4, 0.5) is 0 Å². The van der Waals surface area contributed by atoms with Crippen LogP contribution in [0.25, 0.3) is 0 Å². The van der Waals surface area contributed by atoms with E-state index in [1.807, 2.05) is 0 Å². The summed E-state index contributed by atoms with van der Waals surface area (Å²) < 4.78 is 8.55. The Bertz CT molecular complexity index is 62.2. The van der Waals surface area contributed by atoms with Crippen LogP contribution in [0.1, 0.15) is 0 Å². The summed E-state index contributed by atoms with van der Waals surface area (Å²) in [6, 6.07) is 0. The van der Waals surface area contributed by atoms with Gasteiger partial charge in [0.2, 0.25) is 0 Å². The fraction of sp³-hybridized carbons (Fsp3) is 0. The van der Waals surface area contributed by atoms with Crippen molar-refractivity contribution < 1.29 is 67.2 Å². The van der Waals surface area contributed by atoms with Gasteiger partial charge in [0.25, 0.3) is 0 Å². The van der Waals surface area contributed by atoms with E-state index in [2.05, 4.69) is 0 Å². The quantitative estimate of drug-likeness (QED) is 0.339. The second kappa shape index (κ2) is 9.24. The molecule has 32 valence electrons. The van der Waals surface area contributed by atoms with Crippen molar-refractivity contribution in [3.8, 4) is 0 Å². The van der Waals surface area contributed by atoms with Crippen LogP contribution in [-0.4, -0.2) is 17.4 Å². The van der Waals surface area contributed by atoms with Gasteiger partial charge in [-0.3, -0.25) is 0 Å². The van der Waals surface area contributed by atoms with E-state index in [1.54, 1.807) is 0 Å². The largest absolute Gasteiger partial charge is 4.00 e. The molecule has 0 N–H and O–H groups in total. The Morgan fingerprint density at radius 3 is 1.12 bits per heavy atom. The Morgan fingerprint density at radius 2 is 1.12 bits per heavy atom. The summed E-state index contributed by atoms with van der Waals surface area (Å²) in [6.45, 7) is 0. The molecule has 0 radical (unpaired) electrons. The maximum atomic E-state index is 8.55. The average Bonchev–Trinajstić information content (AvgIpc) is 0.722. The van der Waals surface area contributed by atoms with Gasteiger partial charge in [0, 0.05) is 0 Å². The normalized spacial score (nSPS) is 7.38. The van der Waals surface area contributed by atoms with E-state index in [0.717, 1.165) is 0 Å². The van der Waals surface area contributed by atoms with Crippen LogP contribution < -0.4 is 14.7 Å². The van der Waals surface area contributed by atoms with Crippen molar-refractivity contribution in [3.05, 3.63) is 0 Å². The summed E-state index contributed by atoms with van der Waals surface area (Å²) >= 11 is 0. The predicted octanol–water partition coefficient (Wildman–Crippen LogP) is -3.21. The molecule has 0 heterocycles. The van der Waals surface area contributed by atoms with E-state index < -0.39 is 7.82 Å². The third-order valence-corrected chi connectivity index (χ3v) is 0. The van der Waals surface area contributed by atoms with E-state index in [1.165, 1.54) is 0 Å². The number of hydrogen-bond acceptors (Lipinski definition) is 4. The zero-order chi connectivity index (χ0) is 4.50. The SMILES string of the molecule is O=P([O-])([O-])[O-].[Al+3].[Ti+4].[Zr+4]. The Kier molecular flexibility index (Phi) is 25.9. The van der Waals surface area contributed by atoms with Gasteiger partial charge in [-0.15, -0.1) is 0 Å². The molecular formula is AlO4PTiZr+8. The minimum atomic E-state index is -5.39. The van der Waals surface area contributed by atoms with Crippen molar-refractivity contribution in [2.45, 2.75) is 0 Å². The monoisotopic (exact) mass is 260 g/mol. The molecule has 0 aromatic rings. The van der Waals surface area contributed by atoms with Crippen molar-refractivity contribution in [1.82, 2.24) is 0 Å². The average molecular weight is 261 g/mol. The van der Waals surface area contributed by atoms with Gasteiger partial charge in [-0.25, -0.2) is 0 Å². The van der Waals surface area contributed by atoms with Crippen LogP contribution in [0, 0.1) is 0 Å². The van der Waals surface area contributed by atoms with Crippen molar-refractivity contribution in [3.63, 3.8) is 0 Å². The van der Waals surface area contributed by atoms with Crippen molar-refractivity contribution in [1.29, 1.82) is 0 Å². The molecule has 8 heavy (non-hydrogen) atoms. The van der Waals surface area contributed by atoms with E-state index in [0.29, 0.717) is 0 Å². The van der Waals surface area contributed by atoms with E-state index >= 15 is 0 Å². The van der Waals surface area contributed by atoms with Crippen molar-refractivity contribution in [2.24, 2.45) is 0 Å². The number of hydrogen-bond donors (Lipinski definition) is 0. The van der Waals surface area contributed by atoms with Gasteiger partial charge in [0.15, 0.2) is 0 Å². The van der Waals surface area contributed by atoms with E-state index in [4.69, 9.17) is 19.2 Å². The first-order chi connectivity index (χ1) is 2.00. The molecule has 0 aliphatic heterocycles. The first-order valence-corrected chi connectivity index (χ1v) is 2.19. The van der Waals surface area contributed by atoms with Gasteiger partial charge in [-0.05, 0) is 0 Å². The number of phosphoric acid groups is 1.